The molecule has 0 spiro atoms. The Morgan fingerprint density at radius 1 is 1.35 bits per heavy atom. The lowest BCUT2D eigenvalue weighted by Gasteiger charge is -2.30. The van der Waals surface area contributed by atoms with Gasteiger partial charge in [0.1, 0.15) is 24.9 Å². The number of rotatable bonds is 7. The van der Waals surface area contributed by atoms with E-state index in [4.69, 9.17) is 9.47 Å². The molecule has 0 aliphatic carbocycles. The van der Waals surface area contributed by atoms with Crippen LogP contribution in [-0.4, -0.2) is 60.0 Å². The summed E-state index contributed by atoms with van der Waals surface area (Å²) in [5.74, 6) is 3.25. The third-order valence-corrected chi connectivity index (χ3v) is 5.76. The van der Waals surface area contributed by atoms with Crippen molar-refractivity contribution < 1.29 is 14.4 Å². The first-order valence-electron chi connectivity index (χ1n) is 9.19. The topological polar surface area (TPSA) is 53.6 Å². The molecule has 7 heteroatoms. The normalized spacial score (nSPS) is 20.5. The summed E-state index contributed by atoms with van der Waals surface area (Å²) in [5.41, 5.74) is 0.957. The molecule has 142 valence electrons. The summed E-state index contributed by atoms with van der Waals surface area (Å²) in [6.45, 7) is 8.81. The second-order valence-electron chi connectivity index (χ2n) is 7.17. The first-order chi connectivity index (χ1) is 12.6. The molecule has 1 aromatic carbocycles. The molecule has 2 aromatic rings. The molecule has 1 aromatic heterocycles. The van der Waals surface area contributed by atoms with Crippen molar-refractivity contribution in [2.75, 3.05) is 39.1 Å². The number of para-hydroxylation sites is 1. The SMILES string of the molecule is COc1ccccc1-c1nnc(SC[C@@H]2C[NH+](CC(C)C)CCO2)n1C. The number of nitrogens with one attached hydrogen (secondary N) is 1. The zero-order valence-electron chi connectivity index (χ0n) is 16.1. The van der Waals surface area contributed by atoms with E-state index in [0.29, 0.717) is 0 Å². The van der Waals surface area contributed by atoms with Crippen molar-refractivity contribution in [3.05, 3.63) is 24.3 Å². The third kappa shape index (κ3) is 4.58. The molecule has 1 unspecified atom stereocenters. The van der Waals surface area contributed by atoms with Gasteiger partial charge in [0.2, 0.25) is 0 Å². The molecule has 0 saturated carbocycles. The minimum Gasteiger partial charge on any atom is -0.496 e. The van der Waals surface area contributed by atoms with Gasteiger partial charge in [0, 0.05) is 18.7 Å². The lowest BCUT2D eigenvalue weighted by Crippen LogP contribution is -3.15. The average molecular weight is 378 g/mol. The fraction of sp³-hybridized carbons (Fsp3) is 0.579. The molecule has 3 rings (SSSR count). The molecular weight excluding hydrogens is 348 g/mol. The molecule has 1 fully saturated rings. The molecule has 1 aliphatic heterocycles. The van der Waals surface area contributed by atoms with E-state index in [0.717, 1.165) is 53.7 Å². The number of morpholine rings is 1. The van der Waals surface area contributed by atoms with Gasteiger partial charge in [0.25, 0.3) is 0 Å². The van der Waals surface area contributed by atoms with Crippen molar-refractivity contribution in [2.24, 2.45) is 13.0 Å². The van der Waals surface area contributed by atoms with Crippen molar-refractivity contribution in [1.29, 1.82) is 0 Å². The number of hydrogen-bond donors (Lipinski definition) is 1. The van der Waals surface area contributed by atoms with E-state index in [1.165, 1.54) is 6.54 Å². The Morgan fingerprint density at radius 3 is 2.92 bits per heavy atom. The largest absolute Gasteiger partial charge is 0.496 e. The lowest BCUT2D eigenvalue weighted by atomic mass is 10.2. The summed E-state index contributed by atoms with van der Waals surface area (Å²) in [6, 6.07) is 7.90. The van der Waals surface area contributed by atoms with Crippen molar-refractivity contribution >= 4 is 11.8 Å². The summed E-state index contributed by atoms with van der Waals surface area (Å²) in [5, 5.41) is 9.66. The Kier molecular flexibility index (Phi) is 6.56. The van der Waals surface area contributed by atoms with E-state index in [1.54, 1.807) is 23.8 Å². The molecule has 0 bridgehead atoms. The molecular formula is C19H29N4O2S+. The molecule has 1 N–H and O–H groups in total. The van der Waals surface area contributed by atoms with Crippen LogP contribution in [0.15, 0.2) is 29.4 Å². The van der Waals surface area contributed by atoms with Gasteiger partial charge in [-0.1, -0.05) is 37.7 Å². The summed E-state index contributed by atoms with van der Waals surface area (Å²) < 4.78 is 13.4. The smallest absolute Gasteiger partial charge is 0.191 e. The third-order valence-electron chi connectivity index (χ3n) is 4.60. The van der Waals surface area contributed by atoms with Crippen molar-refractivity contribution in [3.8, 4) is 17.1 Å². The van der Waals surface area contributed by atoms with Crippen LogP contribution >= 0.6 is 11.8 Å². The van der Waals surface area contributed by atoms with Gasteiger partial charge in [0.05, 0.1) is 25.8 Å². The Labute approximate surface area is 159 Å². The van der Waals surface area contributed by atoms with Crippen LogP contribution in [0.3, 0.4) is 0 Å². The van der Waals surface area contributed by atoms with Crippen LogP contribution in [0.5, 0.6) is 5.75 Å². The van der Waals surface area contributed by atoms with E-state index >= 15 is 0 Å². The first-order valence-corrected chi connectivity index (χ1v) is 10.2. The van der Waals surface area contributed by atoms with Gasteiger partial charge in [-0.25, -0.2) is 0 Å². The van der Waals surface area contributed by atoms with Gasteiger partial charge in [0.15, 0.2) is 11.0 Å². The molecule has 1 saturated heterocycles. The number of ether oxygens (including phenoxy) is 2. The first kappa shape index (κ1) is 19.2. The number of benzene rings is 1. The Bertz CT molecular complexity index is 719. The van der Waals surface area contributed by atoms with Crippen LogP contribution in [0.1, 0.15) is 13.8 Å². The van der Waals surface area contributed by atoms with Crippen LogP contribution in [0.25, 0.3) is 11.4 Å². The summed E-state index contributed by atoms with van der Waals surface area (Å²) in [7, 11) is 3.68. The maximum absolute atomic E-state index is 5.96. The fourth-order valence-corrected chi connectivity index (χ4v) is 4.32. The Hall–Kier alpha value is -1.57. The zero-order chi connectivity index (χ0) is 18.5. The number of hydrogen-bond acceptors (Lipinski definition) is 5. The molecule has 2 heterocycles. The second-order valence-corrected chi connectivity index (χ2v) is 8.16. The molecule has 26 heavy (non-hydrogen) atoms. The fourth-order valence-electron chi connectivity index (χ4n) is 3.39. The van der Waals surface area contributed by atoms with Crippen LogP contribution in [-0.2, 0) is 11.8 Å². The quantitative estimate of drug-likeness (QED) is 0.742. The van der Waals surface area contributed by atoms with Crippen LogP contribution < -0.4 is 9.64 Å². The monoisotopic (exact) mass is 377 g/mol. The van der Waals surface area contributed by atoms with Crippen LogP contribution in [0, 0.1) is 5.92 Å². The average Bonchev–Trinajstić information content (AvgIpc) is 3.00. The van der Waals surface area contributed by atoms with Gasteiger partial charge >= 0.3 is 0 Å². The number of aromatic nitrogens is 3. The maximum atomic E-state index is 5.96. The predicted octanol–water partition coefficient (Wildman–Crippen LogP) is 1.52. The summed E-state index contributed by atoms with van der Waals surface area (Å²) in [6.07, 6.45) is 0.272. The zero-order valence-corrected chi connectivity index (χ0v) is 16.9. The van der Waals surface area contributed by atoms with E-state index in [1.807, 2.05) is 35.9 Å². The van der Waals surface area contributed by atoms with Gasteiger partial charge < -0.3 is 18.9 Å². The van der Waals surface area contributed by atoms with E-state index in [2.05, 4.69) is 24.0 Å². The summed E-state index contributed by atoms with van der Waals surface area (Å²) in [4.78, 5) is 1.64. The van der Waals surface area contributed by atoms with Crippen LogP contribution in [0.2, 0.25) is 0 Å². The number of thioether (sulfide) groups is 1. The van der Waals surface area contributed by atoms with Crippen molar-refractivity contribution in [1.82, 2.24) is 14.8 Å². The molecule has 0 amide bonds. The molecule has 1 aliphatic rings. The highest BCUT2D eigenvalue weighted by Crippen LogP contribution is 2.30. The van der Waals surface area contributed by atoms with E-state index < -0.39 is 0 Å². The number of methoxy groups -OCH3 is 1. The van der Waals surface area contributed by atoms with E-state index in [-0.39, 0.29) is 6.10 Å². The van der Waals surface area contributed by atoms with Gasteiger partial charge in [-0.2, -0.15) is 0 Å². The lowest BCUT2D eigenvalue weighted by molar-refractivity contribution is -0.914. The summed E-state index contributed by atoms with van der Waals surface area (Å²) >= 11 is 1.71. The molecule has 2 atom stereocenters. The van der Waals surface area contributed by atoms with Crippen molar-refractivity contribution in [2.45, 2.75) is 25.1 Å². The highest BCUT2D eigenvalue weighted by molar-refractivity contribution is 7.99. The molecule has 6 nitrogen and oxygen atoms in total. The minimum atomic E-state index is 0.272. The van der Waals surface area contributed by atoms with Gasteiger partial charge in [-0.15, -0.1) is 10.2 Å². The number of nitrogens with zero attached hydrogens (tertiary/aromatic N) is 3. The van der Waals surface area contributed by atoms with Gasteiger partial charge in [-0.05, 0) is 12.1 Å². The highest BCUT2D eigenvalue weighted by Gasteiger charge is 2.25. The standard InChI is InChI=1S/C19H28N4O2S/c1-14(2)11-23-9-10-25-15(12-23)13-26-19-21-20-18(22(19)3)16-7-5-6-8-17(16)24-4/h5-8,14-15H,9-13H2,1-4H3/p+1/t15-/m0/s1. The molecule has 0 radical (unpaired) electrons. The van der Waals surface area contributed by atoms with Gasteiger partial charge in [-0.3, -0.25) is 0 Å². The van der Waals surface area contributed by atoms with Crippen molar-refractivity contribution in [3.63, 3.8) is 0 Å². The predicted molar refractivity (Wildman–Crippen MR) is 104 cm³/mol. The second kappa shape index (κ2) is 8.88. The maximum Gasteiger partial charge on any atom is 0.191 e. The number of quaternary nitrogens is 1. The van der Waals surface area contributed by atoms with Crippen LogP contribution in [0.4, 0.5) is 0 Å². The Balaban J connectivity index is 1.64. The Morgan fingerprint density at radius 2 is 2.15 bits per heavy atom. The highest BCUT2D eigenvalue weighted by atomic mass is 32.2. The van der Waals surface area contributed by atoms with E-state index in [9.17, 15) is 0 Å². The minimum absolute atomic E-state index is 0.272.